The lowest BCUT2D eigenvalue weighted by atomic mass is 10.1. The SMILES string of the molecule is O=C(CCCOc1ccc(F)cc1)N[C@@H]1C=C[C@H](CO)C1. The van der Waals surface area contributed by atoms with Crippen LogP contribution in [-0.4, -0.2) is 30.3 Å². The van der Waals surface area contributed by atoms with E-state index in [9.17, 15) is 9.18 Å². The second-order valence-corrected chi connectivity index (χ2v) is 5.14. The monoisotopic (exact) mass is 293 g/mol. The highest BCUT2D eigenvalue weighted by molar-refractivity contribution is 5.76. The molecule has 1 aliphatic carbocycles. The zero-order valence-electron chi connectivity index (χ0n) is 11.8. The minimum Gasteiger partial charge on any atom is -0.494 e. The van der Waals surface area contributed by atoms with Gasteiger partial charge in [0.15, 0.2) is 0 Å². The van der Waals surface area contributed by atoms with Crippen molar-refractivity contribution in [3.8, 4) is 5.75 Å². The molecule has 21 heavy (non-hydrogen) atoms. The molecular formula is C16H20FNO3. The first-order valence-electron chi connectivity index (χ1n) is 7.14. The Labute approximate surface area is 123 Å². The summed E-state index contributed by atoms with van der Waals surface area (Å²) < 4.78 is 18.1. The Hall–Kier alpha value is -1.88. The number of halogens is 1. The number of benzene rings is 1. The zero-order valence-corrected chi connectivity index (χ0v) is 11.8. The molecule has 0 aliphatic heterocycles. The van der Waals surface area contributed by atoms with Gasteiger partial charge in [-0.1, -0.05) is 12.2 Å². The van der Waals surface area contributed by atoms with Gasteiger partial charge in [0, 0.05) is 25.0 Å². The van der Waals surface area contributed by atoms with Crippen molar-refractivity contribution < 1.29 is 19.0 Å². The largest absolute Gasteiger partial charge is 0.494 e. The number of ether oxygens (including phenoxy) is 1. The van der Waals surface area contributed by atoms with Crippen molar-refractivity contribution in [3.05, 3.63) is 42.2 Å². The molecule has 0 saturated heterocycles. The second-order valence-electron chi connectivity index (χ2n) is 5.14. The molecule has 4 nitrogen and oxygen atoms in total. The quantitative estimate of drug-likeness (QED) is 0.597. The Bertz CT molecular complexity index is 487. The fourth-order valence-electron chi connectivity index (χ4n) is 2.25. The van der Waals surface area contributed by atoms with Crippen molar-refractivity contribution >= 4 is 5.91 Å². The average molecular weight is 293 g/mol. The number of aliphatic hydroxyl groups is 1. The van der Waals surface area contributed by atoms with Crippen molar-refractivity contribution in [2.45, 2.75) is 25.3 Å². The van der Waals surface area contributed by atoms with Gasteiger partial charge in [-0.15, -0.1) is 0 Å². The molecule has 1 aromatic rings. The number of hydrogen-bond donors (Lipinski definition) is 2. The molecule has 0 radical (unpaired) electrons. The van der Waals surface area contributed by atoms with E-state index in [1.165, 1.54) is 12.1 Å². The summed E-state index contributed by atoms with van der Waals surface area (Å²) in [7, 11) is 0. The number of nitrogens with one attached hydrogen (secondary N) is 1. The molecule has 0 unspecified atom stereocenters. The summed E-state index contributed by atoms with van der Waals surface area (Å²) in [5, 5.41) is 11.9. The Morgan fingerprint density at radius 2 is 2.10 bits per heavy atom. The van der Waals surface area contributed by atoms with E-state index in [-0.39, 0.29) is 30.3 Å². The third-order valence-corrected chi connectivity index (χ3v) is 3.38. The fraction of sp³-hybridized carbons (Fsp3) is 0.438. The van der Waals surface area contributed by atoms with E-state index in [1.807, 2.05) is 12.2 Å². The van der Waals surface area contributed by atoms with Crippen LogP contribution in [-0.2, 0) is 4.79 Å². The lowest BCUT2D eigenvalue weighted by Crippen LogP contribution is -2.32. The van der Waals surface area contributed by atoms with Crippen molar-refractivity contribution in [2.24, 2.45) is 5.92 Å². The van der Waals surface area contributed by atoms with Gasteiger partial charge in [0.25, 0.3) is 0 Å². The van der Waals surface area contributed by atoms with Crippen LogP contribution in [0.4, 0.5) is 4.39 Å². The number of carbonyl (C=O) groups excluding carboxylic acids is 1. The molecule has 2 N–H and O–H groups in total. The molecule has 0 fully saturated rings. The summed E-state index contributed by atoms with van der Waals surface area (Å²) in [5.74, 6) is 0.428. The summed E-state index contributed by atoms with van der Waals surface area (Å²) in [6.45, 7) is 0.535. The molecule has 0 spiro atoms. The standard InChI is InChI=1S/C16H20FNO3/c17-13-4-7-15(8-5-13)21-9-1-2-16(20)18-14-6-3-12(10-14)11-19/h3-8,12,14,19H,1-2,9-11H2,(H,18,20)/t12-,14+/m0/s1. The van der Waals surface area contributed by atoms with Crippen LogP contribution >= 0.6 is 0 Å². The van der Waals surface area contributed by atoms with Crippen molar-refractivity contribution in [1.29, 1.82) is 0 Å². The number of amides is 1. The van der Waals surface area contributed by atoms with Gasteiger partial charge >= 0.3 is 0 Å². The van der Waals surface area contributed by atoms with E-state index in [0.29, 0.717) is 25.2 Å². The van der Waals surface area contributed by atoms with E-state index in [0.717, 1.165) is 6.42 Å². The van der Waals surface area contributed by atoms with Crippen LogP contribution in [0, 0.1) is 11.7 Å². The molecule has 0 heterocycles. The molecule has 0 bridgehead atoms. The van der Waals surface area contributed by atoms with Crippen LogP contribution in [0.3, 0.4) is 0 Å². The van der Waals surface area contributed by atoms with Crippen LogP contribution < -0.4 is 10.1 Å². The van der Waals surface area contributed by atoms with Crippen LogP contribution in [0.5, 0.6) is 5.75 Å². The molecule has 0 saturated carbocycles. The minimum atomic E-state index is -0.299. The van der Waals surface area contributed by atoms with E-state index in [2.05, 4.69) is 5.32 Å². The maximum absolute atomic E-state index is 12.7. The van der Waals surface area contributed by atoms with E-state index < -0.39 is 0 Å². The first kappa shape index (κ1) is 15.5. The highest BCUT2D eigenvalue weighted by Gasteiger charge is 2.19. The molecule has 5 heteroatoms. The summed E-state index contributed by atoms with van der Waals surface area (Å²) in [6, 6.07) is 5.83. The number of aliphatic hydroxyl groups excluding tert-OH is 1. The van der Waals surface area contributed by atoms with Gasteiger partial charge in [0.05, 0.1) is 6.61 Å². The van der Waals surface area contributed by atoms with E-state index in [1.54, 1.807) is 12.1 Å². The summed E-state index contributed by atoms with van der Waals surface area (Å²) in [4.78, 5) is 11.7. The maximum atomic E-state index is 12.7. The number of hydrogen-bond acceptors (Lipinski definition) is 3. The fourth-order valence-corrected chi connectivity index (χ4v) is 2.25. The van der Waals surface area contributed by atoms with Crippen molar-refractivity contribution in [1.82, 2.24) is 5.32 Å². The van der Waals surface area contributed by atoms with Crippen LogP contribution in [0.2, 0.25) is 0 Å². The van der Waals surface area contributed by atoms with E-state index in [4.69, 9.17) is 9.84 Å². The predicted molar refractivity (Wildman–Crippen MR) is 77.4 cm³/mol. The average Bonchev–Trinajstić information content (AvgIpc) is 2.93. The normalized spacial score (nSPS) is 20.5. The smallest absolute Gasteiger partial charge is 0.220 e. The molecular weight excluding hydrogens is 273 g/mol. The van der Waals surface area contributed by atoms with Gasteiger partial charge in [-0.2, -0.15) is 0 Å². The van der Waals surface area contributed by atoms with Crippen molar-refractivity contribution in [3.63, 3.8) is 0 Å². The predicted octanol–water partition coefficient (Wildman–Crippen LogP) is 2.04. The third kappa shape index (κ3) is 5.19. The molecule has 0 aromatic heterocycles. The maximum Gasteiger partial charge on any atom is 0.220 e. The van der Waals surface area contributed by atoms with Crippen LogP contribution in [0.25, 0.3) is 0 Å². The molecule has 1 aliphatic rings. The van der Waals surface area contributed by atoms with Gasteiger partial charge in [-0.05, 0) is 37.1 Å². The minimum absolute atomic E-state index is 0.0210. The molecule has 1 amide bonds. The second kappa shape index (κ2) is 7.78. The molecule has 114 valence electrons. The van der Waals surface area contributed by atoms with E-state index >= 15 is 0 Å². The number of carbonyl (C=O) groups is 1. The highest BCUT2D eigenvalue weighted by atomic mass is 19.1. The van der Waals surface area contributed by atoms with Gasteiger partial charge in [0.1, 0.15) is 11.6 Å². The van der Waals surface area contributed by atoms with Crippen LogP contribution in [0.15, 0.2) is 36.4 Å². The molecule has 2 atom stereocenters. The Morgan fingerprint density at radius 3 is 2.76 bits per heavy atom. The first-order chi connectivity index (χ1) is 10.2. The summed E-state index contributed by atoms with van der Waals surface area (Å²) in [6.07, 6.45) is 5.60. The zero-order chi connectivity index (χ0) is 15.1. The first-order valence-corrected chi connectivity index (χ1v) is 7.14. The lowest BCUT2D eigenvalue weighted by Gasteiger charge is -2.12. The molecule has 2 rings (SSSR count). The van der Waals surface area contributed by atoms with Gasteiger partial charge in [0.2, 0.25) is 5.91 Å². The topological polar surface area (TPSA) is 58.6 Å². The Balaban J connectivity index is 1.59. The Kier molecular flexibility index (Phi) is 5.75. The van der Waals surface area contributed by atoms with Gasteiger partial charge in [-0.25, -0.2) is 4.39 Å². The van der Waals surface area contributed by atoms with Crippen molar-refractivity contribution in [2.75, 3.05) is 13.2 Å². The molecule has 1 aromatic carbocycles. The third-order valence-electron chi connectivity index (χ3n) is 3.38. The van der Waals surface area contributed by atoms with Gasteiger partial charge < -0.3 is 15.2 Å². The number of rotatable bonds is 7. The lowest BCUT2D eigenvalue weighted by molar-refractivity contribution is -0.121. The summed E-state index contributed by atoms with van der Waals surface area (Å²) in [5.41, 5.74) is 0. The summed E-state index contributed by atoms with van der Waals surface area (Å²) >= 11 is 0. The van der Waals surface area contributed by atoms with Gasteiger partial charge in [-0.3, -0.25) is 4.79 Å². The van der Waals surface area contributed by atoms with Crippen LogP contribution in [0.1, 0.15) is 19.3 Å². The highest BCUT2D eigenvalue weighted by Crippen LogP contribution is 2.17. The Morgan fingerprint density at radius 1 is 1.33 bits per heavy atom.